The Labute approximate surface area is 98.0 Å². The zero-order chi connectivity index (χ0) is 12.0. The standard InChI is InChI=1S/C11H23N5/c1-5-6-7-8-12-10-13-9(2)14-11(15-10)16(3)4/h9H,5-8H2,1-4H3,(H2,12,13,14,15). The average Bonchev–Trinajstić information content (AvgIpc) is 2.23. The lowest BCUT2D eigenvalue weighted by Gasteiger charge is -2.23. The maximum atomic E-state index is 4.40. The van der Waals surface area contributed by atoms with Crippen LogP contribution in [0.2, 0.25) is 0 Å². The molecule has 0 saturated carbocycles. The second-order valence-electron chi connectivity index (χ2n) is 4.24. The lowest BCUT2D eigenvalue weighted by atomic mass is 10.2. The van der Waals surface area contributed by atoms with Crippen LogP contribution >= 0.6 is 0 Å². The van der Waals surface area contributed by atoms with Crippen molar-refractivity contribution in [3.05, 3.63) is 0 Å². The van der Waals surface area contributed by atoms with Crippen molar-refractivity contribution in [2.75, 3.05) is 20.6 Å². The topological polar surface area (TPSA) is 52.0 Å². The van der Waals surface area contributed by atoms with Crippen LogP contribution in [0.4, 0.5) is 0 Å². The van der Waals surface area contributed by atoms with Gasteiger partial charge < -0.3 is 15.5 Å². The molecular weight excluding hydrogens is 202 g/mol. The molecule has 92 valence electrons. The summed E-state index contributed by atoms with van der Waals surface area (Å²) in [6, 6.07) is 0. The van der Waals surface area contributed by atoms with Crippen LogP contribution in [0, 0.1) is 0 Å². The lowest BCUT2D eigenvalue weighted by Crippen LogP contribution is -2.46. The molecule has 1 heterocycles. The summed E-state index contributed by atoms with van der Waals surface area (Å²) in [6.07, 6.45) is 3.76. The zero-order valence-corrected chi connectivity index (χ0v) is 10.7. The van der Waals surface area contributed by atoms with Crippen LogP contribution in [0.25, 0.3) is 0 Å². The van der Waals surface area contributed by atoms with Crippen LogP contribution in [0.5, 0.6) is 0 Å². The normalized spacial score (nSPS) is 19.6. The van der Waals surface area contributed by atoms with E-state index in [0.29, 0.717) is 0 Å². The van der Waals surface area contributed by atoms with Gasteiger partial charge in [0.2, 0.25) is 11.9 Å². The summed E-state index contributed by atoms with van der Waals surface area (Å²) >= 11 is 0. The largest absolute Gasteiger partial charge is 0.356 e. The number of unbranched alkanes of at least 4 members (excludes halogenated alkanes) is 2. The molecule has 0 saturated heterocycles. The third-order valence-electron chi connectivity index (χ3n) is 2.34. The molecule has 0 aliphatic carbocycles. The SMILES string of the molecule is CCCCCNC1=NC(N(C)C)=NC(C)N1. The average molecular weight is 225 g/mol. The van der Waals surface area contributed by atoms with Crippen molar-refractivity contribution in [1.29, 1.82) is 0 Å². The molecule has 1 aliphatic heterocycles. The van der Waals surface area contributed by atoms with Crippen molar-refractivity contribution in [3.8, 4) is 0 Å². The Bertz CT molecular complexity index is 270. The van der Waals surface area contributed by atoms with E-state index in [1.807, 2.05) is 25.9 Å². The highest BCUT2D eigenvalue weighted by atomic mass is 15.4. The van der Waals surface area contributed by atoms with Gasteiger partial charge in [-0.2, -0.15) is 4.99 Å². The van der Waals surface area contributed by atoms with Gasteiger partial charge in [0.25, 0.3) is 0 Å². The van der Waals surface area contributed by atoms with Gasteiger partial charge in [0.1, 0.15) is 6.17 Å². The third-order valence-corrected chi connectivity index (χ3v) is 2.34. The summed E-state index contributed by atoms with van der Waals surface area (Å²) in [6.45, 7) is 5.19. The van der Waals surface area contributed by atoms with Crippen LogP contribution in [-0.2, 0) is 0 Å². The number of hydrogen-bond donors (Lipinski definition) is 2. The molecule has 0 aromatic heterocycles. The molecule has 2 N–H and O–H groups in total. The van der Waals surface area contributed by atoms with E-state index >= 15 is 0 Å². The molecule has 1 atom stereocenters. The monoisotopic (exact) mass is 225 g/mol. The van der Waals surface area contributed by atoms with Crippen molar-refractivity contribution in [3.63, 3.8) is 0 Å². The molecule has 0 fully saturated rings. The van der Waals surface area contributed by atoms with Crippen molar-refractivity contribution < 1.29 is 0 Å². The van der Waals surface area contributed by atoms with Crippen LogP contribution in [0.3, 0.4) is 0 Å². The molecule has 1 aliphatic rings. The van der Waals surface area contributed by atoms with E-state index in [1.165, 1.54) is 19.3 Å². The first kappa shape index (κ1) is 12.8. The van der Waals surface area contributed by atoms with Crippen LogP contribution in [0.1, 0.15) is 33.1 Å². The molecule has 0 amide bonds. The highest BCUT2D eigenvalue weighted by Crippen LogP contribution is 1.98. The van der Waals surface area contributed by atoms with Gasteiger partial charge in [0.15, 0.2) is 0 Å². The number of rotatable bonds is 4. The van der Waals surface area contributed by atoms with Gasteiger partial charge >= 0.3 is 0 Å². The molecule has 1 rings (SSSR count). The minimum atomic E-state index is 0.0866. The molecule has 0 aromatic carbocycles. The molecule has 0 aromatic rings. The van der Waals surface area contributed by atoms with Crippen molar-refractivity contribution in [2.45, 2.75) is 39.3 Å². The fourth-order valence-corrected chi connectivity index (χ4v) is 1.45. The van der Waals surface area contributed by atoms with Crippen molar-refractivity contribution >= 4 is 11.9 Å². The second kappa shape index (κ2) is 6.35. The van der Waals surface area contributed by atoms with Crippen LogP contribution < -0.4 is 10.6 Å². The van der Waals surface area contributed by atoms with Gasteiger partial charge in [-0.3, -0.25) is 0 Å². The first-order valence-corrected chi connectivity index (χ1v) is 5.97. The Morgan fingerprint density at radius 2 is 2.12 bits per heavy atom. The Kier molecular flexibility index (Phi) is 5.08. The van der Waals surface area contributed by atoms with E-state index in [2.05, 4.69) is 27.5 Å². The first-order valence-electron chi connectivity index (χ1n) is 5.97. The molecule has 0 radical (unpaired) electrons. The molecule has 0 bridgehead atoms. The minimum absolute atomic E-state index is 0.0866. The van der Waals surface area contributed by atoms with Crippen LogP contribution in [0.15, 0.2) is 9.98 Å². The summed E-state index contributed by atoms with van der Waals surface area (Å²) in [7, 11) is 3.91. The van der Waals surface area contributed by atoms with Gasteiger partial charge in [0, 0.05) is 20.6 Å². The van der Waals surface area contributed by atoms with E-state index in [1.54, 1.807) is 0 Å². The molecular formula is C11H23N5. The second-order valence-corrected chi connectivity index (χ2v) is 4.24. The summed E-state index contributed by atoms with van der Waals surface area (Å²) in [5.41, 5.74) is 0. The Hall–Kier alpha value is -1.26. The zero-order valence-electron chi connectivity index (χ0n) is 10.7. The summed E-state index contributed by atoms with van der Waals surface area (Å²) in [5.74, 6) is 1.60. The highest BCUT2D eigenvalue weighted by molar-refractivity contribution is 5.96. The maximum absolute atomic E-state index is 4.40. The maximum Gasteiger partial charge on any atom is 0.225 e. The van der Waals surface area contributed by atoms with E-state index in [-0.39, 0.29) is 6.17 Å². The Morgan fingerprint density at radius 1 is 1.38 bits per heavy atom. The number of aliphatic imine (C=N–C) groups is 2. The Morgan fingerprint density at radius 3 is 2.75 bits per heavy atom. The van der Waals surface area contributed by atoms with Crippen molar-refractivity contribution in [1.82, 2.24) is 15.5 Å². The molecule has 1 unspecified atom stereocenters. The number of guanidine groups is 2. The first-order chi connectivity index (χ1) is 7.63. The summed E-state index contributed by atoms with van der Waals surface area (Å²) in [4.78, 5) is 10.7. The quantitative estimate of drug-likeness (QED) is 0.702. The lowest BCUT2D eigenvalue weighted by molar-refractivity contribution is 0.571. The Balaban J connectivity index is 2.44. The predicted molar refractivity (Wildman–Crippen MR) is 68.7 cm³/mol. The van der Waals surface area contributed by atoms with E-state index in [4.69, 9.17) is 0 Å². The molecule has 0 spiro atoms. The predicted octanol–water partition coefficient (Wildman–Crippen LogP) is 0.989. The van der Waals surface area contributed by atoms with E-state index < -0.39 is 0 Å². The molecule has 16 heavy (non-hydrogen) atoms. The number of nitrogens with zero attached hydrogens (tertiary/aromatic N) is 3. The van der Waals surface area contributed by atoms with E-state index in [0.717, 1.165) is 18.5 Å². The van der Waals surface area contributed by atoms with Gasteiger partial charge in [0.05, 0.1) is 0 Å². The third kappa shape index (κ3) is 4.08. The fraction of sp³-hybridized carbons (Fsp3) is 0.818. The highest BCUT2D eigenvalue weighted by Gasteiger charge is 2.13. The number of nitrogens with one attached hydrogen (secondary N) is 2. The minimum Gasteiger partial charge on any atom is -0.356 e. The summed E-state index contributed by atoms with van der Waals surface area (Å²) in [5, 5.41) is 6.51. The van der Waals surface area contributed by atoms with E-state index in [9.17, 15) is 0 Å². The van der Waals surface area contributed by atoms with Gasteiger partial charge in [-0.1, -0.05) is 19.8 Å². The van der Waals surface area contributed by atoms with Gasteiger partial charge in [-0.15, -0.1) is 0 Å². The summed E-state index contributed by atoms with van der Waals surface area (Å²) < 4.78 is 0. The molecule has 5 heteroatoms. The fourth-order valence-electron chi connectivity index (χ4n) is 1.45. The van der Waals surface area contributed by atoms with Crippen molar-refractivity contribution in [2.24, 2.45) is 9.98 Å². The smallest absolute Gasteiger partial charge is 0.225 e. The van der Waals surface area contributed by atoms with Gasteiger partial charge in [-0.25, -0.2) is 4.99 Å². The van der Waals surface area contributed by atoms with Gasteiger partial charge in [-0.05, 0) is 13.3 Å². The van der Waals surface area contributed by atoms with Crippen LogP contribution in [-0.4, -0.2) is 43.6 Å². The molecule has 5 nitrogen and oxygen atoms in total. The number of hydrogen-bond acceptors (Lipinski definition) is 5.